The first-order valence-corrected chi connectivity index (χ1v) is 8.60. The van der Waals surface area contributed by atoms with Gasteiger partial charge in [0.2, 0.25) is 0 Å². The molecule has 0 atom stereocenters. The maximum atomic E-state index is 12.7. The van der Waals surface area contributed by atoms with Gasteiger partial charge in [0, 0.05) is 5.56 Å². The van der Waals surface area contributed by atoms with Crippen LogP contribution in [0.15, 0.2) is 40.9 Å². The number of nitrogens with one attached hydrogen (secondary N) is 1. The summed E-state index contributed by atoms with van der Waals surface area (Å²) in [6.45, 7) is 0.758. The van der Waals surface area contributed by atoms with Crippen LogP contribution >= 0.6 is 15.9 Å². The molecule has 7 nitrogen and oxygen atoms in total. The molecule has 8 heteroatoms. The highest BCUT2D eigenvalue weighted by Crippen LogP contribution is 2.36. The standard InChI is InChI=1S/C18H17BrN2O5/c1-24-14-9-11(10-15(25-2)16(14)19)17(22)20-12-5-3-4-6-13(12)21-7-8-26-18(21)23/h3-6,9-10H,7-8H2,1-2H3,(H,20,22). The number of halogens is 1. The van der Waals surface area contributed by atoms with E-state index in [0.717, 1.165) is 0 Å². The summed E-state index contributed by atoms with van der Waals surface area (Å²) in [6, 6.07) is 10.3. The van der Waals surface area contributed by atoms with Gasteiger partial charge in [-0.3, -0.25) is 9.69 Å². The van der Waals surface area contributed by atoms with E-state index in [0.29, 0.717) is 46.1 Å². The Morgan fingerprint density at radius 2 is 1.85 bits per heavy atom. The summed E-state index contributed by atoms with van der Waals surface area (Å²) in [5, 5.41) is 2.83. The number of anilines is 2. The van der Waals surface area contributed by atoms with E-state index in [1.807, 2.05) is 0 Å². The third-order valence-electron chi connectivity index (χ3n) is 3.91. The number of hydrogen-bond acceptors (Lipinski definition) is 5. The maximum Gasteiger partial charge on any atom is 0.414 e. The zero-order valence-corrected chi connectivity index (χ0v) is 15.8. The molecule has 0 spiro atoms. The smallest absolute Gasteiger partial charge is 0.414 e. The van der Waals surface area contributed by atoms with Gasteiger partial charge in [0.05, 0.1) is 32.1 Å². The number of amides is 2. The monoisotopic (exact) mass is 420 g/mol. The largest absolute Gasteiger partial charge is 0.495 e. The molecule has 136 valence electrons. The van der Waals surface area contributed by atoms with Crippen LogP contribution in [0.4, 0.5) is 16.2 Å². The molecule has 1 heterocycles. The van der Waals surface area contributed by atoms with E-state index in [-0.39, 0.29) is 5.91 Å². The minimum Gasteiger partial charge on any atom is -0.495 e. The second-order valence-electron chi connectivity index (χ2n) is 5.43. The molecule has 26 heavy (non-hydrogen) atoms. The number of hydrogen-bond donors (Lipinski definition) is 1. The Bertz CT molecular complexity index is 830. The van der Waals surface area contributed by atoms with E-state index in [1.165, 1.54) is 19.1 Å². The van der Waals surface area contributed by atoms with Crippen molar-refractivity contribution in [2.75, 3.05) is 37.6 Å². The first-order chi connectivity index (χ1) is 12.5. The summed E-state index contributed by atoms with van der Waals surface area (Å²) < 4.78 is 16.1. The number of carbonyl (C=O) groups excluding carboxylic acids is 2. The van der Waals surface area contributed by atoms with Crippen LogP contribution in [-0.2, 0) is 4.74 Å². The molecule has 2 aromatic carbocycles. The summed E-state index contributed by atoms with van der Waals surface area (Å²) in [6.07, 6.45) is -0.432. The maximum absolute atomic E-state index is 12.7. The van der Waals surface area contributed by atoms with Crippen molar-refractivity contribution in [2.45, 2.75) is 0 Å². The predicted molar refractivity (Wildman–Crippen MR) is 100 cm³/mol. The Kier molecular flexibility index (Phi) is 5.32. The van der Waals surface area contributed by atoms with E-state index >= 15 is 0 Å². The molecule has 1 N–H and O–H groups in total. The van der Waals surface area contributed by atoms with Crippen LogP contribution in [0.1, 0.15) is 10.4 Å². The topological polar surface area (TPSA) is 77.1 Å². The highest BCUT2D eigenvalue weighted by Gasteiger charge is 2.26. The number of benzene rings is 2. The van der Waals surface area contributed by atoms with Gasteiger partial charge in [-0.1, -0.05) is 12.1 Å². The zero-order chi connectivity index (χ0) is 18.7. The fraction of sp³-hybridized carbons (Fsp3) is 0.222. The number of rotatable bonds is 5. The molecule has 1 saturated heterocycles. The molecule has 0 unspecified atom stereocenters. The van der Waals surface area contributed by atoms with Gasteiger partial charge >= 0.3 is 6.09 Å². The molecule has 0 saturated carbocycles. The van der Waals surface area contributed by atoms with Crippen LogP contribution in [0.25, 0.3) is 0 Å². The highest BCUT2D eigenvalue weighted by molar-refractivity contribution is 9.10. The van der Waals surface area contributed by atoms with Crippen LogP contribution < -0.4 is 19.7 Å². The summed E-state index contributed by atoms with van der Waals surface area (Å²) in [4.78, 5) is 26.1. The number of carbonyl (C=O) groups is 2. The SMILES string of the molecule is COc1cc(C(=O)Nc2ccccc2N2CCOC2=O)cc(OC)c1Br. The Morgan fingerprint density at radius 1 is 1.19 bits per heavy atom. The van der Waals surface area contributed by atoms with Gasteiger partial charge < -0.3 is 19.5 Å². The van der Waals surface area contributed by atoms with Gasteiger partial charge in [0.1, 0.15) is 22.6 Å². The Morgan fingerprint density at radius 3 is 2.42 bits per heavy atom. The highest BCUT2D eigenvalue weighted by atomic mass is 79.9. The predicted octanol–water partition coefficient (Wildman–Crippen LogP) is 3.68. The molecular formula is C18H17BrN2O5. The van der Waals surface area contributed by atoms with Crippen LogP contribution in [0.2, 0.25) is 0 Å². The molecule has 1 fully saturated rings. The van der Waals surface area contributed by atoms with Crippen molar-refractivity contribution >= 4 is 39.3 Å². The van der Waals surface area contributed by atoms with Gasteiger partial charge in [0.25, 0.3) is 5.91 Å². The average molecular weight is 421 g/mol. The average Bonchev–Trinajstić information content (AvgIpc) is 3.08. The Labute approximate surface area is 159 Å². The molecule has 3 rings (SSSR count). The molecule has 0 radical (unpaired) electrons. The Balaban J connectivity index is 1.91. The van der Waals surface area contributed by atoms with E-state index in [9.17, 15) is 9.59 Å². The molecule has 1 aliphatic heterocycles. The normalized spacial score (nSPS) is 13.3. The number of ether oxygens (including phenoxy) is 3. The minimum absolute atomic E-state index is 0.322. The summed E-state index contributed by atoms with van der Waals surface area (Å²) in [5.74, 6) is 0.603. The van der Waals surface area contributed by atoms with Crippen LogP contribution in [0, 0.1) is 0 Å². The lowest BCUT2D eigenvalue weighted by Crippen LogP contribution is -2.25. The van der Waals surface area contributed by atoms with Crippen LogP contribution in [-0.4, -0.2) is 39.4 Å². The van der Waals surface area contributed by atoms with Gasteiger partial charge in [0.15, 0.2) is 0 Å². The molecule has 2 aromatic rings. The zero-order valence-electron chi connectivity index (χ0n) is 14.2. The van der Waals surface area contributed by atoms with Crippen molar-refractivity contribution in [3.63, 3.8) is 0 Å². The summed E-state index contributed by atoms with van der Waals surface area (Å²) in [7, 11) is 3.02. The third-order valence-corrected chi connectivity index (χ3v) is 4.69. The first-order valence-electron chi connectivity index (χ1n) is 7.81. The fourth-order valence-electron chi connectivity index (χ4n) is 2.62. The number of para-hydroxylation sites is 2. The van der Waals surface area contributed by atoms with Gasteiger partial charge in [-0.2, -0.15) is 0 Å². The van der Waals surface area contributed by atoms with Crippen LogP contribution in [0.3, 0.4) is 0 Å². The Hall–Kier alpha value is -2.74. The first kappa shape index (κ1) is 18.1. The molecule has 0 aliphatic carbocycles. The number of methoxy groups -OCH3 is 2. The van der Waals surface area contributed by atoms with E-state index in [2.05, 4.69) is 21.2 Å². The fourth-order valence-corrected chi connectivity index (χ4v) is 3.17. The van der Waals surface area contributed by atoms with Gasteiger partial charge in [-0.05, 0) is 40.2 Å². The molecule has 0 bridgehead atoms. The number of cyclic esters (lactones) is 1. The molecule has 2 amide bonds. The summed E-state index contributed by atoms with van der Waals surface area (Å²) in [5.41, 5.74) is 1.46. The van der Waals surface area contributed by atoms with Crippen molar-refractivity contribution in [1.29, 1.82) is 0 Å². The van der Waals surface area contributed by atoms with Crippen molar-refractivity contribution < 1.29 is 23.8 Å². The second-order valence-corrected chi connectivity index (χ2v) is 6.23. The lowest BCUT2D eigenvalue weighted by atomic mass is 10.1. The molecule has 0 aromatic heterocycles. The van der Waals surface area contributed by atoms with Crippen molar-refractivity contribution in [1.82, 2.24) is 0 Å². The van der Waals surface area contributed by atoms with Gasteiger partial charge in [-0.15, -0.1) is 0 Å². The number of nitrogens with zero attached hydrogens (tertiary/aromatic N) is 1. The lowest BCUT2D eigenvalue weighted by Gasteiger charge is -2.18. The minimum atomic E-state index is -0.432. The van der Waals surface area contributed by atoms with Crippen LogP contribution in [0.5, 0.6) is 11.5 Å². The summed E-state index contributed by atoms with van der Waals surface area (Å²) >= 11 is 3.37. The van der Waals surface area contributed by atoms with Gasteiger partial charge in [-0.25, -0.2) is 4.79 Å². The molecule has 1 aliphatic rings. The quantitative estimate of drug-likeness (QED) is 0.797. The lowest BCUT2D eigenvalue weighted by molar-refractivity contribution is 0.102. The van der Waals surface area contributed by atoms with Crippen molar-refractivity contribution in [3.05, 3.63) is 46.4 Å². The van der Waals surface area contributed by atoms with Crippen molar-refractivity contribution in [2.24, 2.45) is 0 Å². The second kappa shape index (κ2) is 7.65. The third kappa shape index (κ3) is 3.45. The van der Waals surface area contributed by atoms with E-state index < -0.39 is 6.09 Å². The van der Waals surface area contributed by atoms with Crippen molar-refractivity contribution in [3.8, 4) is 11.5 Å². The van der Waals surface area contributed by atoms with E-state index in [4.69, 9.17) is 14.2 Å². The van der Waals surface area contributed by atoms with E-state index in [1.54, 1.807) is 36.4 Å². The molecular weight excluding hydrogens is 404 g/mol.